The molecule has 1 heterocycles. The first-order valence-electron chi connectivity index (χ1n) is 7.14. The Labute approximate surface area is 129 Å². The lowest BCUT2D eigenvalue weighted by molar-refractivity contribution is -0.146. The number of carbonyl (C=O) groups is 1. The van der Waals surface area contributed by atoms with Crippen LogP contribution >= 0.6 is 11.8 Å². The van der Waals surface area contributed by atoms with Crippen LogP contribution in [0.5, 0.6) is 5.75 Å². The maximum atomic E-state index is 12.1. The van der Waals surface area contributed by atoms with E-state index in [1.54, 1.807) is 18.9 Å². The highest BCUT2D eigenvalue weighted by molar-refractivity contribution is 8.13. The van der Waals surface area contributed by atoms with Gasteiger partial charge in [-0.05, 0) is 29.9 Å². The summed E-state index contributed by atoms with van der Waals surface area (Å²) in [4.78, 5) is 16.6. The number of nitrogens with zero attached hydrogens (tertiary/aromatic N) is 1. The largest absolute Gasteiger partial charge is 0.497 e. The van der Waals surface area contributed by atoms with E-state index in [4.69, 9.17) is 9.47 Å². The number of ether oxygens (including phenoxy) is 2. The molecular formula is C16H21NO3S. The summed E-state index contributed by atoms with van der Waals surface area (Å²) < 4.78 is 10.5. The summed E-state index contributed by atoms with van der Waals surface area (Å²) in [5.41, 5.74) is 0.947. The summed E-state index contributed by atoms with van der Waals surface area (Å²) in [5.74, 6) is 1.90. The third-order valence-electron chi connectivity index (χ3n) is 3.39. The van der Waals surface area contributed by atoms with E-state index in [1.165, 1.54) is 0 Å². The number of esters is 1. The molecule has 1 aromatic rings. The van der Waals surface area contributed by atoms with Crippen molar-refractivity contribution in [1.29, 1.82) is 0 Å². The highest BCUT2D eigenvalue weighted by atomic mass is 32.2. The van der Waals surface area contributed by atoms with Gasteiger partial charge in [-0.3, -0.25) is 4.99 Å². The SMILES string of the molecule is CCSC1=NC(C(=O)OCc2ccc(OC)cc2)CC1C. The smallest absolute Gasteiger partial charge is 0.331 e. The first-order valence-corrected chi connectivity index (χ1v) is 8.12. The van der Waals surface area contributed by atoms with E-state index in [1.807, 2.05) is 24.3 Å². The molecule has 0 aromatic heterocycles. The predicted molar refractivity (Wildman–Crippen MR) is 85.9 cm³/mol. The van der Waals surface area contributed by atoms with Crippen molar-refractivity contribution in [3.05, 3.63) is 29.8 Å². The number of thioether (sulfide) groups is 1. The Morgan fingerprint density at radius 3 is 2.71 bits per heavy atom. The number of hydrogen-bond acceptors (Lipinski definition) is 5. The topological polar surface area (TPSA) is 47.9 Å². The van der Waals surface area contributed by atoms with E-state index >= 15 is 0 Å². The van der Waals surface area contributed by atoms with E-state index in [9.17, 15) is 4.79 Å². The van der Waals surface area contributed by atoms with Gasteiger partial charge in [-0.25, -0.2) is 4.79 Å². The fraction of sp³-hybridized carbons (Fsp3) is 0.500. The zero-order valence-corrected chi connectivity index (χ0v) is 13.5. The Hall–Kier alpha value is -1.49. The molecule has 1 aromatic carbocycles. The van der Waals surface area contributed by atoms with Gasteiger partial charge in [0.15, 0.2) is 0 Å². The Balaban J connectivity index is 1.87. The van der Waals surface area contributed by atoms with Crippen molar-refractivity contribution in [3.8, 4) is 5.75 Å². The summed E-state index contributed by atoms with van der Waals surface area (Å²) in [6.07, 6.45) is 0.754. The zero-order chi connectivity index (χ0) is 15.2. The van der Waals surface area contributed by atoms with Crippen LogP contribution < -0.4 is 4.74 Å². The molecule has 2 unspecified atom stereocenters. The van der Waals surface area contributed by atoms with Gasteiger partial charge in [-0.2, -0.15) is 0 Å². The monoisotopic (exact) mass is 307 g/mol. The molecule has 0 amide bonds. The second kappa shape index (κ2) is 7.50. The number of benzene rings is 1. The highest BCUT2D eigenvalue weighted by Gasteiger charge is 2.30. The maximum absolute atomic E-state index is 12.1. The molecule has 0 aliphatic carbocycles. The van der Waals surface area contributed by atoms with E-state index in [-0.39, 0.29) is 18.6 Å². The van der Waals surface area contributed by atoms with Crippen molar-refractivity contribution in [2.75, 3.05) is 12.9 Å². The molecule has 0 saturated heterocycles. The van der Waals surface area contributed by atoms with Gasteiger partial charge < -0.3 is 9.47 Å². The second-order valence-corrected chi connectivity index (χ2v) is 6.29. The molecule has 0 fully saturated rings. The molecule has 2 atom stereocenters. The molecule has 21 heavy (non-hydrogen) atoms. The van der Waals surface area contributed by atoms with E-state index < -0.39 is 0 Å². The molecule has 2 rings (SSSR count). The van der Waals surface area contributed by atoms with E-state index in [0.717, 1.165) is 28.5 Å². The van der Waals surface area contributed by atoms with Gasteiger partial charge >= 0.3 is 5.97 Å². The van der Waals surface area contributed by atoms with Crippen LogP contribution in [-0.2, 0) is 16.1 Å². The quantitative estimate of drug-likeness (QED) is 0.783. The van der Waals surface area contributed by atoms with Crippen LogP contribution in [0.2, 0.25) is 0 Å². The molecule has 0 N–H and O–H groups in total. The van der Waals surface area contributed by atoms with Crippen LogP contribution in [0, 0.1) is 5.92 Å². The normalized spacial score (nSPS) is 21.0. The second-order valence-electron chi connectivity index (χ2n) is 5.01. The van der Waals surface area contributed by atoms with E-state index in [2.05, 4.69) is 18.8 Å². The molecule has 114 valence electrons. The standard InChI is InChI=1S/C16H21NO3S/c1-4-21-15-11(2)9-14(17-15)16(18)20-10-12-5-7-13(19-3)8-6-12/h5-8,11,14H,4,9-10H2,1-3H3. The van der Waals surface area contributed by atoms with E-state index in [0.29, 0.717) is 5.92 Å². The van der Waals surface area contributed by atoms with Crippen molar-refractivity contribution < 1.29 is 14.3 Å². The highest BCUT2D eigenvalue weighted by Crippen LogP contribution is 2.27. The first-order chi connectivity index (χ1) is 10.1. The first kappa shape index (κ1) is 15.9. The summed E-state index contributed by atoms with van der Waals surface area (Å²) in [5, 5.41) is 1.07. The summed E-state index contributed by atoms with van der Waals surface area (Å²) >= 11 is 1.72. The number of carbonyl (C=O) groups excluding carboxylic acids is 1. The Kier molecular flexibility index (Phi) is 5.67. The number of methoxy groups -OCH3 is 1. The van der Waals surface area contributed by atoms with Crippen LogP contribution in [-0.4, -0.2) is 29.9 Å². The number of hydrogen-bond donors (Lipinski definition) is 0. The fourth-order valence-corrected chi connectivity index (χ4v) is 3.10. The van der Waals surface area contributed by atoms with Gasteiger partial charge in [0.1, 0.15) is 18.4 Å². The molecule has 4 nitrogen and oxygen atoms in total. The van der Waals surface area contributed by atoms with Crippen molar-refractivity contribution >= 4 is 22.8 Å². The van der Waals surface area contributed by atoms with Crippen molar-refractivity contribution in [2.24, 2.45) is 10.9 Å². The Bertz CT molecular complexity index is 513. The molecular weight excluding hydrogens is 286 g/mol. The number of aliphatic imine (C=N–C) groups is 1. The third-order valence-corrected chi connectivity index (χ3v) is 4.48. The lowest BCUT2D eigenvalue weighted by Crippen LogP contribution is -2.19. The minimum Gasteiger partial charge on any atom is -0.497 e. The minimum atomic E-state index is -0.340. The fourth-order valence-electron chi connectivity index (χ4n) is 2.22. The average Bonchev–Trinajstić information content (AvgIpc) is 2.87. The molecule has 5 heteroatoms. The van der Waals surface area contributed by atoms with Crippen LogP contribution in [0.1, 0.15) is 25.8 Å². The third kappa shape index (κ3) is 4.24. The van der Waals surface area contributed by atoms with Gasteiger partial charge in [0.05, 0.1) is 12.2 Å². The minimum absolute atomic E-state index is 0.232. The van der Waals surface area contributed by atoms with Gasteiger partial charge in [-0.1, -0.05) is 26.0 Å². The van der Waals surface area contributed by atoms with Crippen LogP contribution in [0.3, 0.4) is 0 Å². The summed E-state index contributed by atoms with van der Waals surface area (Å²) in [7, 11) is 1.63. The van der Waals surface area contributed by atoms with Crippen molar-refractivity contribution in [1.82, 2.24) is 0 Å². The molecule has 0 bridgehead atoms. The molecule has 0 radical (unpaired) electrons. The van der Waals surface area contributed by atoms with Crippen molar-refractivity contribution in [3.63, 3.8) is 0 Å². The molecule has 1 aliphatic rings. The van der Waals surface area contributed by atoms with Gasteiger partial charge in [0, 0.05) is 5.92 Å². The van der Waals surface area contributed by atoms with Crippen LogP contribution in [0.4, 0.5) is 0 Å². The predicted octanol–water partition coefficient (Wildman–Crippen LogP) is 3.30. The summed E-state index contributed by atoms with van der Waals surface area (Å²) in [6.45, 7) is 4.48. The summed E-state index contributed by atoms with van der Waals surface area (Å²) in [6, 6.07) is 7.16. The molecule has 0 spiro atoms. The van der Waals surface area contributed by atoms with Crippen LogP contribution in [0.15, 0.2) is 29.3 Å². The van der Waals surface area contributed by atoms with Crippen LogP contribution in [0.25, 0.3) is 0 Å². The molecule has 0 saturated carbocycles. The van der Waals surface area contributed by atoms with Gasteiger partial charge in [-0.15, -0.1) is 11.8 Å². The zero-order valence-electron chi connectivity index (χ0n) is 12.7. The maximum Gasteiger partial charge on any atom is 0.331 e. The van der Waals surface area contributed by atoms with Crippen molar-refractivity contribution in [2.45, 2.75) is 32.9 Å². The molecule has 1 aliphatic heterocycles. The average molecular weight is 307 g/mol. The Morgan fingerprint density at radius 2 is 2.10 bits per heavy atom. The van der Waals surface area contributed by atoms with Gasteiger partial charge in [0.2, 0.25) is 0 Å². The lowest BCUT2D eigenvalue weighted by atomic mass is 10.1. The number of rotatable bonds is 5. The lowest BCUT2D eigenvalue weighted by Gasteiger charge is -2.09. The Morgan fingerprint density at radius 1 is 1.38 bits per heavy atom. The van der Waals surface area contributed by atoms with Gasteiger partial charge in [0.25, 0.3) is 0 Å².